The SMILES string of the molecule is CN=C(N)NCCC[C@H](NC(=O)[C@@H](C=CCNC(=O)[C@H](CC1CCCCC1)NC(=O)[C@@H](NC(=O)[C@H](CCCNC(N)=O)NC(=O)[C@@H]1C[C@@H](O)CN1C(=O)[C@@H](Cc1ccc(O)cc1)NC(C)=O)[C@@H](C)O)CC(C)C)C(=O)N[C@@H](Cc1c[nH]c2ccccc12)C(N)=O. The summed E-state index contributed by atoms with van der Waals surface area (Å²) in [6, 6.07) is 3.49. The van der Waals surface area contributed by atoms with E-state index in [-0.39, 0.29) is 88.1 Å². The Hall–Kier alpha value is -8.79. The van der Waals surface area contributed by atoms with E-state index >= 15 is 0 Å². The van der Waals surface area contributed by atoms with Crippen LogP contribution in [0.5, 0.6) is 5.75 Å². The van der Waals surface area contributed by atoms with Gasteiger partial charge in [0, 0.05) is 76.5 Å². The average Bonchev–Trinajstić information content (AvgIpc) is 1.98. The van der Waals surface area contributed by atoms with Gasteiger partial charge in [0.2, 0.25) is 53.2 Å². The van der Waals surface area contributed by atoms with Crippen LogP contribution in [0.1, 0.15) is 116 Å². The Morgan fingerprint density at radius 3 is 1.99 bits per heavy atom. The number of urea groups is 1. The standard InChI is InChI=1S/C62H93N15O13/c1-35(2)28-40(54(83)72-46(19-12-26-68-61(64)66-5)56(85)74-48(53(63)82)31-41-33-70-45-18-10-9-17-44(41)45)16-11-25-67-55(84)49(29-38-14-7-6-8-15-38)75-59(88)52(36(3)78)76-57(86)47(20-13-27-69-62(65)90)73-58(87)51-32-43(81)34-77(51)60(89)50(71-37(4)79)30-39-21-23-42(80)24-22-39/h9-11,16-18,21-24,33,35-36,38,40,43,46-52,70,78,80-81H,6-8,12-15,19-20,25-32,34H2,1-5H3,(H2,63,82)(H,67,84)(H,71,79)(H,72,83)(H,73,87)(H,74,85)(H,75,88)(H,76,86)(H3,64,66,68)(H3,65,69,90)/t36-,40+,43-,46+,47+,48+,49+,50-,51+,52+/m1/s1. The number of aliphatic hydroxyl groups excluding tert-OH is 2. The van der Waals surface area contributed by atoms with Crippen molar-refractivity contribution in [2.45, 2.75) is 172 Å². The van der Waals surface area contributed by atoms with E-state index < -0.39 is 120 Å². The van der Waals surface area contributed by atoms with Crippen LogP contribution in [0.3, 0.4) is 0 Å². The molecule has 19 N–H and O–H groups in total. The number of benzene rings is 2. The number of aliphatic imine (C=N–C) groups is 1. The Morgan fingerprint density at radius 1 is 0.722 bits per heavy atom. The first kappa shape index (κ1) is 72.0. The third-order valence-electron chi connectivity index (χ3n) is 15.9. The summed E-state index contributed by atoms with van der Waals surface area (Å²) in [5.74, 6) is -7.10. The number of amides is 11. The number of aromatic hydroxyl groups is 1. The summed E-state index contributed by atoms with van der Waals surface area (Å²) in [4.78, 5) is 144. The van der Waals surface area contributed by atoms with Crippen LogP contribution in [0.2, 0.25) is 0 Å². The molecule has 1 saturated carbocycles. The summed E-state index contributed by atoms with van der Waals surface area (Å²) in [7, 11) is 1.52. The third kappa shape index (κ3) is 23.3. The number of nitrogens with zero attached hydrogens (tertiary/aromatic N) is 2. The number of primary amides is 2. The Morgan fingerprint density at radius 2 is 1.36 bits per heavy atom. The maximum Gasteiger partial charge on any atom is 0.312 e. The molecule has 1 aliphatic carbocycles. The van der Waals surface area contributed by atoms with Crippen molar-refractivity contribution in [1.82, 2.24) is 57.7 Å². The third-order valence-corrected chi connectivity index (χ3v) is 15.9. The molecule has 5 rings (SSSR count). The van der Waals surface area contributed by atoms with Gasteiger partial charge < -0.3 is 90.3 Å². The second-order valence-corrected chi connectivity index (χ2v) is 23.7. The summed E-state index contributed by atoms with van der Waals surface area (Å²) in [6.07, 6.45) is 7.37. The molecule has 3 aromatic rings. The summed E-state index contributed by atoms with van der Waals surface area (Å²) in [5, 5.41) is 56.8. The highest BCUT2D eigenvalue weighted by atomic mass is 16.3. The zero-order valence-corrected chi connectivity index (χ0v) is 52.1. The largest absolute Gasteiger partial charge is 0.508 e. The maximum atomic E-state index is 14.3. The number of guanidine groups is 1. The van der Waals surface area contributed by atoms with Gasteiger partial charge in [0.1, 0.15) is 48.0 Å². The van der Waals surface area contributed by atoms with Gasteiger partial charge in [-0.05, 0) is 86.6 Å². The van der Waals surface area contributed by atoms with Crippen LogP contribution in [0.4, 0.5) is 4.79 Å². The minimum atomic E-state index is -1.69. The molecule has 2 fully saturated rings. The fraction of sp³-hybridized carbons (Fsp3) is 0.565. The van der Waals surface area contributed by atoms with Crippen LogP contribution >= 0.6 is 0 Å². The van der Waals surface area contributed by atoms with Gasteiger partial charge in [0.25, 0.3) is 0 Å². The predicted octanol–water partition coefficient (Wildman–Crippen LogP) is -0.517. The molecular weight excluding hydrogens is 1160 g/mol. The highest BCUT2D eigenvalue weighted by Crippen LogP contribution is 2.28. The Balaban J connectivity index is 1.29. The lowest BCUT2D eigenvalue weighted by atomic mass is 9.84. The van der Waals surface area contributed by atoms with Crippen LogP contribution in [0, 0.1) is 17.8 Å². The van der Waals surface area contributed by atoms with Crippen LogP contribution in [-0.4, -0.2) is 178 Å². The van der Waals surface area contributed by atoms with Gasteiger partial charge in [0.05, 0.1) is 18.1 Å². The number of para-hydroxylation sites is 1. The lowest BCUT2D eigenvalue weighted by molar-refractivity contribution is -0.142. The number of phenols is 1. The molecule has 0 radical (unpaired) electrons. The van der Waals surface area contributed by atoms with Crippen molar-refractivity contribution in [1.29, 1.82) is 0 Å². The molecular formula is C62H93N15O13. The fourth-order valence-electron chi connectivity index (χ4n) is 11.2. The van der Waals surface area contributed by atoms with Gasteiger partial charge in [-0.1, -0.05) is 88.4 Å². The number of likely N-dealkylation sites (tertiary alicyclic amines) is 1. The second-order valence-electron chi connectivity index (χ2n) is 23.7. The van der Waals surface area contributed by atoms with Crippen molar-refractivity contribution >= 4 is 76.1 Å². The van der Waals surface area contributed by atoms with E-state index in [2.05, 4.69) is 57.8 Å². The first-order chi connectivity index (χ1) is 42.8. The number of rotatable bonds is 34. The smallest absolute Gasteiger partial charge is 0.312 e. The molecule has 0 unspecified atom stereocenters. The molecule has 1 saturated heterocycles. The summed E-state index contributed by atoms with van der Waals surface area (Å²) in [5.41, 5.74) is 19.1. The predicted molar refractivity (Wildman–Crippen MR) is 336 cm³/mol. The van der Waals surface area contributed by atoms with Crippen LogP contribution in [0.15, 0.2) is 71.9 Å². The topological polar surface area (TPSA) is 449 Å². The molecule has 10 atom stereocenters. The van der Waals surface area contributed by atoms with E-state index in [0.717, 1.165) is 53.5 Å². The lowest BCUT2D eigenvalue weighted by Crippen LogP contribution is -2.61. The minimum Gasteiger partial charge on any atom is -0.508 e. The number of β-amino-alcohol motifs (C(OH)–C–C–N with tert-alkyl or cyclic N) is 1. The van der Waals surface area contributed by atoms with Crippen molar-refractivity contribution in [2.75, 3.05) is 33.2 Å². The number of nitrogens with two attached hydrogens (primary N) is 3. The number of phenolic OH excluding ortho intramolecular Hbond substituents is 1. The molecule has 0 spiro atoms. The molecule has 0 bridgehead atoms. The van der Waals surface area contributed by atoms with Gasteiger partial charge in [-0.3, -0.25) is 48.1 Å². The highest BCUT2D eigenvalue weighted by Gasteiger charge is 2.43. The monoisotopic (exact) mass is 1260 g/mol. The van der Waals surface area contributed by atoms with E-state index in [1.165, 1.54) is 33.0 Å². The zero-order chi connectivity index (χ0) is 66.0. The molecule has 11 amide bonds. The highest BCUT2D eigenvalue weighted by molar-refractivity contribution is 5.97. The van der Waals surface area contributed by atoms with E-state index in [4.69, 9.17) is 17.2 Å². The number of aliphatic hydroxyl groups is 2. The maximum absolute atomic E-state index is 14.3. The van der Waals surface area contributed by atoms with E-state index in [1.54, 1.807) is 30.5 Å². The average molecular weight is 1260 g/mol. The van der Waals surface area contributed by atoms with E-state index in [9.17, 15) is 63.3 Å². The van der Waals surface area contributed by atoms with Crippen LogP contribution in [-0.2, 0) is 56.0 Å². The molecule has 1 aromatic heterocycles. The van der Waals surface area contributed by atoms with Crippen molar-refractivity contribution < 1.29 is 63.3 Å². The van der Waals surface area contributed by atoms with Crippen LogP contribution < -0.4 is 65.1 Å². The van der Waals surface area contributed by atoms with E-state index in [0.29, 0.717) is 24.9 Å². The number of aromatic nitrogens is 1. The Labute approximate surface area is 524 Å². The molecule has 1 aliphatic heterocycles. The summed E-state index contributed by atoms with van der Waals surface area (Å²) in [6.45, 7) is 6.20. The summed E-state index contributed by atoms with van der Waals surface area (Å²) >= 11 is 0. The Kier molecular flexibility index (Phi) is 28.8. The quantitative estimate of drug-likeness (QED) is 0.0155. The second kappa shape index (κ2) is 36.0. The molecule has 2 aromatic carbocycles. The molecule has 90 heavy (non-hydrogen) atoms. The lowest BCUT2D eigenvalue weighted by Gasteiger charge is -2.31. The first-order valence-electron chi connectivity index (χ1n) is 30.8. The number of H-pyrrole nitrogens is 1. The van der Waals surface area contributed by atoms with Crippen LogP contribution in [0.25, 0.3) is 10.9 Å². The first-order valence-corrected chi connectivity index (χ1v) is 30.8. The normalized spacial score (nSPS) is 18.0. The number of carbonyl (C=O) groups excluding carboxylic acids is 10. The van der Waals surface area contributed by atoms with Gasteiger partial charge >= 0.3 is 6.03 Å². The number of hydrogen-bond acceptors (Lipinski definition) is 14. The van der Waals surface area contributed by atoms with Crippen molar-refractivity contribution in [3.8, 4) is 5.75 Å². The fourth-order valence-corrected chi connectivity index (χ4v) is 11.2. The zero-order valence-electron chi connectivity index (χ0n) is 52.1. The Bertz CT molecular complexity index is 2980. The molecule has 494 valence electrons. The number of nitrogens with one attached hydrogen (secondary N) is 10. The van der Waals surface area contributed by atoms with Crippen molar-refractivity contribution in [2.24, 2.45) is 39.9 Å². The van der Waals surface area contributed by atoms with Crippen molar-refractivity contribution in [3.63, 3.8) is 0 Å². The molecule has 28 heteroatoms. The van der Waals surface area contributed by atoms with Gasteiger partial charge in [-0.2, -0.15) is 0 Å². The number of aromatic amines is 1. The van der Waals surface area contributed by atoms with Gasteiger partial charge in [-0.25, -0.2) is 4.79 Å². The molecule has 2 heterocycles. The number of carbonyl (C=O) groups is 10. The molecule has 2 aliphatic rings. The van der Waals surface area contributed by atoms with Gasteiger partial charge in [0.15, 0.2) is 5.96 Å². The molecule has 28 nitrogen and oxygen atoms in total. The van der Waals surface area contributed by atoms with Gasteiger partial charge in [-0.15, -0.1) is 0 Å². The minimum absolute atomic E-state index is 0.00685. The van der Waals surface area contributed by atoms with E-state index in [1.807, 2.05) is 38.1 Å². The summed E-state index contributed by atoms with van der Waals surface area (Å²) < 4.78 is 0. The number of hydrogen-bond donors (Lipinski definition) is 16. The number of fused-ring (bicyclic) bond motifs is 1. The van der Waals surface area contributed by atoms with Crippen molar-refractivity contribution in [3.05, 3.63) is 78.0 Å².